The summed E-state index contributed by atoms with van der Waals surface area (Å²) in [6, 6.07) is 9.22. The zero-order valence-electron chi connectivity index (χ0n) is 13.0. The van der Waals surface area contributed by atoms with E-state index in [2.05, 4.69) is 46.4 Å². The molecule has 1 aromatic carbocycles. The maximum absolute atomic E-state index is 11.9. The fourth-order valence-electron chi connectivity index (χ4n) is 2.79. The number of urea groups is 1. The van der Waals surface area contributed by atoms with E-state index in [1.807, 2.05) is 25.1 Å². The zero-order valence-corrected chi connectivity index (χ0v) is 14.6. The molecule has 1 saturated heterocycles. The fourth-order valence-corrected chi connectivity index (χ4v) is 3.42. The lowest BCUT2D eigenvalue weighted by molar-refractivity contribution is 0.151. The number of benzene rings is 1. The first-order valence-corrected chi connectivity index (χ1v) is 8.25. The number of carbonyl (C=O) groups excluding carboxylic acids is 1. The Balaban J connectivity index is 1.86. The number of amides is 2. The van der Waals surface area contributed by atoms with Gasteiger partial charge in [-0.25, -0.2) is 4.79 Å². The van der Waals surface area contributed by atoms with Crippen molar-refractivity contribution in [1.82, 2.24) is 15.1 Å². The minimum Gasteiger partial charge on any atom is -0.331 e. The predicted molar refractivity (Wildman–Crippen MR) is 89.4 cm³/mol. The number of nitrogens with zero attached hydrogens (tertiary/aromatic N) is 2. The van der Waals surface area contributed by atoms with Crippen LogP contribution in [0.2, 0.25) is 0 Å². The van der Waals surface area contributed by atoms with Gasteiger partial charge < -0.3 is 15.1 Å². The number of carbonyl (C=O) groups is 1. The van der Waals surface area contributed by atoms with Crippen LogP contribution >= 0.6 is 15.9 Å². The molecule has 2 amide bonds. The van der Waals surface area contributed by atoms with Crippen molar-refractivity contribution in [2.75, 3.05) is 27.2 Å². The maximum Gasteiger partial charge on any atom is 0.319 e. The van der Waals surface area contributed by atoms with Gasteiger partial charge >= 0.3 is 6.03 Å². The topological polar surface area (TPSA) is 35.6 Å². The van der Waals surface area contributed by atoms with E-state index in [1.54, 1.807) is 4.90 Å². The fraction of sp³-hybridized carbons (Fsp3) is 0.562. The molecule has 5 heteroatoms. The van der Waals surface area contributed by atoms with Crippen molar-refractivity contribution in [2.45, 2.75) is 31.8 Å². The van der Waals surface area contributed by atoms with E-state index in [0.717, 1.165) is 30.4 Å². The van der Waals surface area contributed by atoms with Crippen LogP contribution in [0.1, 0.15) is 31.4 Å². The molecule has 1 aliphatic heterocycles. The van der Waals surface area contributed by atoms with Crippen LogP contribution in [0.25, 0.3) is 0 Å². The number of halogens is 1. The molecule has 1 aliphatic rings. The van der Waals surface area contributed by atoms with Crippen molar-refractivity contribution < 1.29 is 4.79 Å². The summed E-state index contributed by atoms with van der Waals surface area (Å²) in [6.07, 6.45) is 2.02. The number of hydrogen-bond donors (Lipinski definition) is 1. The summed E-state index contributed by atoms with van der Waals surface area (Å²) >= 11 is 3.61. The average molecular weight is 354 g/mol. The number of piperidine rings is 1. The Morgan fingerprint density at radius 3 is 2.52 bits per heavy atom. The summed E-state index contributed by atoms with van der Waals surface area (Å²) < 4.78 is 1.14. The van der Waals surface area contributed by atoms with E-state index in [1.165, 1.54) is 5.56 Å². The third kappa shape index (κ3) is 4.20. The van der Waals surface area contributed by atoms with Crippen LogP contribution in [0.15, 0.2) is 28.7 Å². The molecule has 0 unspecified atom stereocenters. The molecule has 1 N–H and O–H groups in total. The minimum absolute atomic E-state index is 0.118. The molecule has 0 aromatic heterocycles. The number of nitrogens with one attached hydrogen (secondary N) is 1. The van der Waals surface area contributed by atoms with Crippen LogP contribution in [0.3, 0.4) is 0 Å². The van der Waals surface area contributed by atoms with Gasteiger partial charge in [0.1, 0.15) is 0 Å². The summed E-state index contributed by atoms with van der Waals surface area (Å²) in [5.41, 5.74) is 1.28. The Morgan fingerprint density at radius 2 is 1.95 bits per heavy atom. The molecule has 0 bridgehead atoms. The van der Waals surface area contributed by atoms with E-state index in [4.69, 9.17) is 0 Å². The highest BCUT2D eigenvalue weighted by atomic mass is 79.9. The Bertz CT molecular complexity index is 484. The number of hydrogen-bond acceptors (Lipinski definition) is 2. The second-order valence-corrected chi connectivity index (χ2v) is 6.70. The van der Waals surface area contributed by atoms with Gasteiger partial charge in [-0.2, -0.15) is 0 Å². The molecule has 0 saturated carbocycles. The summed E-state index contributed by atoms with van der Waals surface area (Å²) in [7, 11) is 3.61. The van der Waals surface area contributed by atoms with E-state index < -0.39 is 0 Å². The quantitative estimate of drug-likeness (QED) is 0.905. The molecule has 2 rings (SSSR count). The molecular weight excluding hydrogens is 330 g/mol. The van der Waals surface area contributed by atoms with Gasteiger partial charge in [0.05, 0.1) is 0 Å². The van der Waals surface area contributed by atoms with Gasteiger partial charge in [-0.05, 0) is 31.4 Å². The molecule has 21 heavy (non-hydrogen) atoms. The van der Waals surface area contributed by atoms with Crippen molar-refractivity contribution in [3.8, 4) is 0 Å². The summed E-state index contributed by atoms with van der Waals surface area (Å²) in [5.74, 6) is 0. The molecule has 1 aromatic rings. The largest absolute Gasteiger partial charge is 0.331 e. The van der Waals surface area contributed by atoms with Crippen LogP contribution in [-0.4, -0.2) is 49.1 Å². The normalized spacial score (nSPS) is 17.6. The lowest BCUT2D eigenvalue weighted by atomic mass is 10.0. The molecule has 0 spiro atoms. The highest BCUT2D eigenvalue weighted by Crippen LogP contribution is 2.24. The van der Waals surface area contributed by atoms with Crippen LogP contribution < -0.4 is 5.32 Å². The first-order valence-electron chi connectivity index (χ1n) is 7.45. The van der Waals surface area contributed by atoms with Crippen molar-refractivity contribution in [3.05, 3.63) is 34.3 Å². The van der Waals surface area contributed by atoms with E-state index in [9.17, 15) is 4.79 Å². The minimum atomic E-state index is 0.118. The maximum atomic E-state index is 11.9. The van der Waals surface area contributed by atoms with Gasteiger partial charge in [-0.3, -0.25) is 0 Å². The molecule has 1 heterocycles. The molecule has 116 valence electrons. The molecule has 4 nitrogen and oxygen atoms in total. The van der Waals surface area contributed by atoms with Gasteiger partial charge in [0, 0.05) is 43.7 Å². The van der Waals surface area contributed by atoms with Gasteiger partial charge in [-0.15, -0.1) is 0 Å². The van der Waals surface area contributed by atoms with Crippen molar-refractivity contribution >= 4 is 22.0 Å². The first kappa shape index (κ1) is 16.3. The highest BCUT2D eigenvalue weighted by Gasteiger charge is 2.24. The number of rotatable bonds is 3. The first-order chi connectivity index (χ1) is 9.99. The van der Waals surface area contributed by atoms with Gasteiger partial charge in [0.25, 0.3) is 0 Å². The third-order valence-electron chi connectivity index (χ3n) is 4.01. The van der Waals surface area contributed by atoms with Crippen LogP contribution in [0, 0.1) is 0 Å². The van der Waals surface area contributed by atoms with Gasteiger partial charge in [0.2, 0.25) is 0 Å². The van der Waals surface area contributed by atoms with Crippen LogP contribution in [-0.2, 0) is 0 Å². The summed E-state index contributed by atoms with van der Waals surface area (Å²) in [4.78, 5) is 15.5. The standard InChI is InChI=1S/C16H24BrN3O/c1-12(14-6-4-5-7-15(14)17)18-13-8-10-20(11-9-13)16(21)19(2)3/h4-7,12-13,18H,8-11H2,1-3H3/t12-/m0/s1. The van der Waals surface area contributed by atoms with Crippen LogP contribution in [0.5, 0.6) is 0 Å². The Labute approximate surface area is 135 Å². The van der Waals surface area contributed by atoms with E-state index >= 15 is 0 Å². The molecular formula is C16H24BrN3O. The second kappa shape index (κ2) is 7.27. The summed E-state index contributed by atoms with van der Waals surface area (Å²) in [6.45, 7) is 3.85. The van der Waals surface area contributed by atoms with Gasteiger partial charge in [0.15, 0.2) is 0 Å². The Morgan fingerprint density at radius 1 is 1.33 bits per heavy atom. The smallest absolute Gasteiger partial charge is 0.319 e. The van der Waals surface area contributed by atoms with Crippen molar-refractivity contribution in [2.24, 2.45) is 0 Å². The second-order valence-electron chi connectivity index (χ2n) is 5.85. The van der Waals surface area contributed by atoms with Crippen LogP contribution in [0.4, 0.5) is 4.79 Å². The van der Waals surface area contributed by atoms with Crippen molar-refractivity contribution in [1.29, 1.82) is 0 Å². The van der Waals surface area contributed by atoms with Gasteiger partial charge in [-0.1, -0.05) is 34.1 Å². The lowest BCUT2D eigenvalue weighted by Gasteiger charge is -2.35. The zero-order chi connectivity index (χ0) is 15.4. The SMILES string of the molecule is C[C@H](NC1CCN(C(=O)N(C)C)CC1)c1ccccc1Br. The monoisotopic (exact) mass is 353 g/mol. The molecule has 0 radical (unpaired) electrons. The van der Waals surface area contributed by atoms with E-state index in [-0.39, 0.29) is 6.03 Å². The van der Waals surface area contributed by atoms with Crippen molar-refractivity contribution in [3.63, 3.8) is 0 Å². The highest BCUT2D eigenvalue weighted by molar-refractivity contribution is 9.10. The third-order valence-corrected chi connectivity index (χ3v) is 4.73. The molecule has 0 aliphatic carbocycles. The Kier molecular flexibility index (Phi) is 5.65. The molecule has 1 fully saturated rings. The van der Waals surface area contributed by atoms with E-state index in [0.29, 0.717) is 12.1 Å². The Hall–Kier alpha value is -1.07. The average Bonchev–Trinajstić information content (AvgIpc) is 2.47. The lowest BCUT2D eigenvalue weighted by Crippen LogP contribution is -2.48. The predicted octanol–water partition coefficient (Wildman–Crippen LogP) is 3.25. The molecule has 1 atom stereocenters. The number of likely N-dealkylation sites (tertiary alicyclic amines) is 1. The summed E-state index contributed by atoms with van der Waals surface area (Å²) in [5, 5.41) is 3.68.